The molecule has 0 saturated heterocycles. The summed E-state index contributed by atoms with van der Waals surface area (Å²) in [5.74, 6) is -5.81. The molecule has 33 heavy (non-hydrogen) atoms. The van der Waals surface area contributed by atoms with E-state index in [0.717, 1.165) is 0 Å². The molecule has 0 aliphatic carbocycles. The number of carboxylic acids is 2. The summed E-state index contributed by atoms with van der Waals surface area (Å²) in [7, 11) is 0. The van der Waals surface area contributed by atoms with E-state index in [4.69, 9.17) is 10.8 Å². The Morgan fingerprint density at radius 1 is 1.00 bits per heavy atom. The highest BCUT2D eigenvalue weighted by Crippen LogP contribution is 2.07. The Balaban J connectivity index is 2.90. The zero-order valence-electron chi connectivity index (χ0n) is 18.4. The Morgan fingerprint density at radius 3 is 2.03 bits per heavy atom. The molecule has 184 valence electrons. The van der Waals surface area contributed by atoms with E-state index in [1.54, 1.807) is 13.8 Å². The first-order valence-corrected chi connectivity index (χ1v) is 10.1. The van der Waals surface area contributed by atoms with Gasteiger partial charge in [0.25, 0.3) is 0 Å². The Morgan fingerprint density at radius 2 is 1.58 bits per heavy atom. The largest absolute Gasteiger partial charge is 0.481 e. The third-order valence-corrected chi connectivity index (χ3v) is 4.63. The van der Waals surface area contributed by atoms with E-state index in [1.165, 1.54) is 19.4 Å². The number of nitrogens with zero attached hydrogens (tertiary/aromatic N) is 1. The number of carbonyl (C=O) groups excluding carboxylic acids is 3. The number of carbonyl (C=O) groups is 5. The maximum atomic E-state index is 12.8. The van der Waals surface area contributed by atoms with Crippen LogP contribution in [0.1, 0.15) is 32.9 Å². The van der Waals surface area contributed by atoms with Gasteiger partial charge in [0.2, 0.25) is 17.7 Å². The highest BCUT2D eigenvalue weighted by molar-refractivity contribution is 5.95. The van der Waals surface area contributed by atoms with Gasteiger partial charge in [0.1, 0.15) is 18.1 Å². The molecule has 1 aromatic heterocycles. The van der Waals surface area contributed by atoms with Crippen molar-refractivity contribution < 1.29 is 39.3 Å². The maximum absolute atomic E-state index is 12.8. The van der Waals surface area contributed by atoms with E-state index in [2.05, 4.69) is 25.9 Å². The predicted molar refractivity (Wildman–Crippen MR) is 112 cm³/mol. The number of rotatable bonds is 13. The van der Waals surface area contributed by atoms with Crippen LogP contribution in [0.2, 0.25) is 0 Å². The molecule has 0 aromatic carbocycles. The quantitative estimate of drug-likeness (QED) is 0.149. The van der Waals surface area contributed by atoms with Gasteiger partial charge in [-0.15, -0.1) is 0 Å². The van der Waals surface area contributed by atoms with Crippen LogP contribution in [0.4, 0.5) is 0 Å². The highest BCUT2D eigenvalue weighted by atomic mass is 16.4. The number of hydrogen-bond donors (Lipinski definition) is 8. The summed E-state index contributed by atoms with van der Waals surface area (Å²) in [6, 6.07) is -5.50. The number of hydrogen-bond acceptors (Lipinski definition) is 8. The Labute approximate surface area is 189 Å². The molecule has 9 N–H and O–H groups in total. The van der Waals surface area contributed by atoms with Crippen LogP contribution in [0.5, 0.6) is 0 Å². The third kappa shape index (κ3) is 8.86. The summed E-state index contributed by atoms with van der Waals surface area (Å²) < 4.78 is 0. The highest BCUT2D eigenvalue weighted by Gasteiger charge is 2.34. The summed E-state index contributed by atoms with van der Waals surface area (Å²) in [5, 5.41) is 35.0. The lowest BCUT2D eigenvalue weighted by molar-refractivity contribution is -0.142. The number of aromatic amines is 1. The molecule has 1 rings (SSSR count). The van der Waals surface area contributed by atoms with Crippen LogP contribution < -0.4 is 21.7 Å². The van der Waals surface area contributed by atoms with Crippen LogP contribution in [-0.2, 0) is 30.4 Å². The van der Waals surface area contributed by atoms with E-state index < -0.39 is 72.3 Å². The van der Waals surface area contributed by atoms with Crippen LogP contribution in [-0.4, -0.2) is 85.2 Å². The van der Waals surface area contributed by atoms with Gasteiger partial charge in [-0.3, -0.25) is 19.2 Å². The summed E-state index contributed by atoms with van der Waals surface area (Å²) >= 11 is 0. The number of aliphatic hydroxyl groups excluding tert-OH is 1. The van der Waals surface area contributed by atoms with Crippen LogP contribution >= 0.6 is 0 Å². The molecule has 14 heteroatoms. The second-order valence-corrected chi connectivity index (χ2v) is 7.84. The number of imidazole rings is 1. The number of aliphatic hydroxyl groups is 1. The van der Waals surface area contributed by atoms with Crippen LogP contribution in [0.15, 0.2) is 12.5 Å². The number of amides is 3. The number of aliphatic carboxylic acids is 2. The number of nitrogens with two attached hydrogens (primary N) is 1. The molecule has 0 aliphatic rings. The average Bonchev–Trinajstić information content (AvgIpc) is 3.21. The topological polar surface area (TPSA) is 237 Å². The first-order valence-electron chi connectivity index (χ1n) is 10.1. The molecule has 0 bridgehead atoms. The van der Waals surface area contributed by atoms with Crippen molar-refractivity contribution in [3.8, 4) is 0 Å². The average molecular weight is 470 g/mol. The minimum Gasteiger partial charge on any atom is -0.481 e. The minimum absolute atomic E-state index is 0.0757. The van der Waals surface area contributed by atoms with E-state index in [0.29, 0.717) is 5.69 Å². The summed E-state index contributed by atoms with van der Waals surface area (Å²) in [4.78, 5) is 66.4. The fraction of sp³-hybridized carbons (Fsp3) is 0.579. The Hall–Kier alpha value is -3.52. The van der Waals surface area contributed by atoms with Crippen LogP contribution in [0.3, 0.4) is 0 Å². The second kappa shape index (κ2) is 12.5. The standard InChI is InChI=1S/C19H30N6O8/c1-8(2)14(17(30)23-12(19(32)33)4-10-6-21-7-22-10)24-18(31)15(9(3)26)25-16(29)11(20)5-13(27)28/h6-9,11-12,14-15,26H,4-5,20H2,1-3H3,(H,21,22)(H,23,30)(H,24,31)(H,25,29)(H,27,28)(H,32,33). The van der Waals surface area contributed by atoms with E-state index >= 15 is 0 Å². The van der Waals surface area contributed by atoms with Crippen LogP contribution in [0, 0.1) is 5.92 Å². The number of carboxylic acid groups (broad SMARTS) is 2. The number of H-pyrrole nitrogens is 1. The summed E-state index contributed by atoms with van der Waals surface area (Å²) in [5.41, 5.74) is 5.94. The third-order valence-electron chi connectivity index (χ3n) is 4.63. The van der Waals surface area contributed by atoms with E-state index in [1.807, 2.05) is 0 Å². The van der Waals surface area contributed by atoms with Crippen molar-refractivity contribution in [2.75, 3.05) is 0 Å². The smallest absolute Gasteiger partial charge is 0.326 e. The van der Waals surface area contributed by atoms with Crippen LogP contribution in [0.25, 0.3) is 0 Å². The van der Waals surface area contributed by atoms with Gasteiger partial charge in [0, 0.05) is 18.3 Å². The lowest BCUT2D eigenvalue weighted by atomic mass is 10.0. The Kier molecular flexibility index (Phi) is 10.4. The lowest BCUT2D eigenvalue weighted by Crippen LogP contribution is -2.61. The van der Waals surface area contributed by atoms with Crippen molar-refractivity contribution >= 4 is 29.7 Å². The molecule has 0 radical (unpaired) electrons. The van der Waals surface area contributed by atoms with Crippen molar-refractivity contribution in [3.05, 3.63) is 18.2 Å². The molecule has 0 saturated carbocycles. The van der Waals surface area contributed by atoms with E-state index in [9.17, 15) is 34.2 Å². The zero-order valence-corrected chi connectivity index (χ0v) is 18.4. The number of aromatic nitrogens is 2. The summed E-state index contributed by atoms with van der Waals surface area (Å²) in [6.07, 6.45) is 0.598. The van der Waals surface area contributed by atoms with Crippen molar-refractivity contribution in [3.63, 3.8) is 0 Å². The second-order valence-electron chi connectivity index (χ2n) is 7.84. The predicted octanol–water partition coefficient (Wildman–Crippen LogP) is -2.67. The van der Waals surface area contributed by atoms with E-state index in [-0.39, 0.29) is 6.42 Å². The maximum Gasteiger partial charge on any atom is 0.326 e. The van der Waals surface area contributed by atoms with Gasteiger partial charge in [0.05, 0.1) is 24.9 Å². The zero-order chi connectivity index (χ0) is 25.3. The lowest BCUT2D eigenvalue weighted by Gasteiger charge is -2.28. The molecular formula is C19H30N6O8. The number of nitrogens with one attached hydrogen (secondary N) is 4. The molecule has 0 aliphatic heterocycles. The van der Waals surface area contributed by atoms with Gasteiger partial charge in [-0.2, -0.15) is 0 Å². The Bertz CT molecular complexity index is 841. The minimum atomic E-state index is -1.54. The molecule has 0 spiro atoms. The fourth-order valence-electron chi connectivity index (χ4n) is 2.80. The van der Waals surface area contributed by atoms with Crippen molar-refractivity contribution in [2.45, 2.75) is 63.9 Å². The molecule has 5 unspecified atom stereocenters. The van der Waals surface area contributed by atoms with Gasteiger partial charge in [-0.25, -0.2) is 9.78 Å². The van der Waals surface area contributed by atoms with Gasteiger partial charge in [0.15, 0.2) is 0 Å². The van der Waals surface area contributed by atoms with Gasteiger partial charge >= 0.3 is 11.9 Å². The monoisotopic (exact) mass is 470 g/mol. The fourth-order valence-corrected chi connectivity index (χ4v) is 2.80. The SMILES string of the molecule is CC(C)C(NC(=O)C(NC(=O)C(N)CC(=O)O)C(C)O)C(=O)NC(Cc1cnc[nH]1)C(=O)O. The molecule has 5 atom stereocenters. The van der Waals surface area contributed by atoms with Gasteiger partial charge < -0.3 is 42.0 Å². The first-order chi connectivity index (χ1) is 15.3. The van der Waals surface area contributed by atoms with Gasteiger partial charge in [-0.05, 0) is 12.8 Å². The molecule has 0 fully saturated rings. The molecule has 1 heterocycles. The molecule has 1 aromatic rings. The van der Waals surface area contributed by atoms with Crippen molar-refractivity contribution in [2.24, 2.45) is 11.7 Å². The van der Waals surface area contributed by atoms with Crippen molar-refractivity contribution in [1.82, 2.24) is 25.9 Å². The molecule has 3 amide bonds. The molecular weight excluding hydrogens is 440 g/mol. The van der Waals surface area contributed by atoms with Gasteiger partial charge in [-0.1, -0.05) is 13.8 Å². The summed E-state index contributed by atoms with van der Waals surface area (Å²) in [6.45, 7) is 4.42. The van der Waals surface area contributed by atoms with Crippen molar-refractivity contribution in [1.29, 1.82) is 0 Å². The first kappa shape index (κ1) is 27.5. The normalized spacial score (nSPS) is 15.6. The molecule has 14 nitrogen and oxygen atoms in total.